The summed E-state index contributed by atoms with van der Waals surface area (Å²) in [6.45, 7) is 6.39. The lowest BCUT2D eigenvalue weighted by atomic mass is 9.83. The van der Waals surface area contributed by atoms with Gasteiger partial charge in [-0.3, -0.25) is 9.59 Å². The van der Waals surface area contributed by atoms with Gasteiger partial charge >= 0.3 is 0 Å². The number of nitrogens with two attached hydrogens (primary N) is 1. The normalized spacial score (nSPS) is 22.2. The van der Waals surface area contributed by atoms with Gasteiger partial charge in [-0.05, 0) is 64.0 Å². The lowest BCUT2D eigenvalue weighted by Gasteiger charge is -2.22. The Balaban J connectivity index is 1.72. The van der Waals surface area contributed by atoms with Crippen molar-refractivity contribution in [2.45, 2.75) is 71.4 Å². The van der Waals surface area contributed by atoms with Crippen molar-refractivity contribution >= 4 is 22.6 Å². The summed E-state index contributed by atoms with van der Waals surface area (Å²) in [4.78, 5) is 28.3. The van der Waals surface area contributed by atoms with Gasteiger partial charge in [-0.1, -0.05) is 18.8 Å². The molecule has 7 heteroatoms. The highest BCUT2D eigenvalue weighted by molar-refractivity contribution is 6.03. The Morgan fingerprint density at radius 2 is 1.97 bits per heavy atom. The van der Waals surface area contributed by atoms with Crippen LogP contribution in [0.4, 0.5) is 0 Å². The third kappa shape index (κ3) is 5.61. The smallest absolute Gasteiger partial charge is 0.252 e. The van der Waals surface area contributed by atoms with E-state index in [0.717, 1.165) is 36.1 Å². The van der Waals surface area contributed by atoms with Gasteiger partial charge in [0.1, 0.15) is 12.4 Å². The van der Waals surface area contributed by atoms with Gasteiger partial charge in [-0.2, -0.15) is 0 Å². The lowest BCUT2D eigenvalue weighted by molar-refractivity contribution is -0.119. The molecule has 180 valence electrons. The zero-order valence-corrected chi connectivity index (χ0v) is 20.1. The number of rotatable bonds is 6. The van der Waals surface area contributed by atoms with Crippen LogP contribution in [0.5, 0.6) is 11.6 Å². The second-order valence-electron chi connectivity index (χ2n) is 9.74. The summed E-state index contributed by atoms with van der Waals surface area (Å²) in [5.74, 6) is 8.14. The SMILES string of the molecule is CC1CCC(C#Cc2cnc(OCC3CCC(=O)N3)c3cc(OC(C)C)c(C(N)=O)cc23)CC1. The minimum absolute atomic E-state index is 0.0351. The van der Waals surface area contributed by atoms with Gasteiger partial charge in [-0.25, -0.2) is 4.98 Å². The predicted octanol–water partition coefficient (Wildman–Crippen LogP) is 3.96. The maximum Gasteiger partial charge on any atom is 0.252 e. The van der Waals surface area contributed by atoms with Crippen LogP contribution in [0.1, 0.15) is 75.2 Å². The molecular formula is C27H33N3O4. The summed E-state index contributed by atoms with van der Waals surface area (Å²) in [5.41, 5.74) is 6.72. The molecule has 1 atom stereocenters. The van der Waals surface area contributed by atoms with Crippen LogP contribution in [-0.2, 0) is 4.79 Å². The number of primary amides is 1. The molecule has 2 aromatic rings. The van der Waals surface area contributed by atoms with Crippen LogP contribution < -0.4 is 20.5 Å². The number of hydrogen-bond donors (Lipinski definition) is 2. The Morgan fingerprint density at radius 3 is 2.62 bits per heavy atom. The molecule has 0 radical (unpaired) electrons. The number of hydrogen-bond acceptors (Lipinski definition) is 5. The molecule has 2 amide bonds. The zero-order chi connectivity index (χ0) is 24.2. The monoisotopic (exact) mass is 463 g/mol. The first-order valence-electron chi connectivity index (χ1n) is 12.2. The van der Waals surface area contributed by atoms with Gasteiger partial charge < -0.3 is 20.5 Å². The van der Waals surface area contributed by atoms with Gasteiger partial charge in [0.05, 0.1) is 23.3 Å². The molecule has 34 heavy (non-hydrogen) atoms. The van der Waals surface area contributed by atoms with Crippen molar-refractivity contribution in [2.75, 3.05) is 6.61 Å². The first-order chi connectivity index (χ1) is 16.3. The average Bonchev–Trinajstić information content (AvgIpc) is 3.21. The van der Waals surface area contributed by atoms with Crippen LogP contribution in [-0.4, -0.2) is 35.6 Å². The molecule has 1 unspecified atom stereocenters. The minimum Gasteiger partial charge on any atom is -0.490 e. The molecule has 0 bridgehead atoms. The number of ether oxygens (including phenoxy) is 2. The van der Waals surface area contributed by atoms with E-state index in [1.165, 1.54) is 12.8 Å². The average molecular weight is 464 g/mol. The Morgan fingerprint density at radius 1 is 1.21 bits per heavy atom. The van der Waals surface area contributed by atoms with Crippen LogP contribution in [0.2, 0.25) is 0 Å². The molecule has 0 spiro atoms. The molecule has 2 aliphatic rings. The fraction of sp³-hybridized carbons (Fsp3) is 0.519. The quantitative estimate of drug-likeness (QED) is 0.631. The van der Waals surface area contributed by atoms with Crippen LogP contribution in [0, 0.1) is 23.7 Å². The predicted molar refractivity (Wildman–Crippen MR) is 131 cm³/mol. The van der Waals surface area contributed by atoms with Crippen molar-refractivity contribution in [1.82, 2.24) is 10.3 Å². The Bertz CT molecular complexity index is 1140. The molecule has 2 fully saturated rings. The number of benzene rings is 1. The Hall–Kier alpha value is -3.27. The largest absolute Gasteiger partial charge is 0.490 e. The van der Waals surface area contributed by atoms with Crippen LogP contribution >= 0.6 is 0 Å². The Kier molecular flexibility index (Phi) is 7.26. The minimum atomic E-state index is -0.564. The van der Waals surface area contributed by atoms with Gasteiger partial charge in [0.25, 0.3) is 5.91 Å². The molecule has 1 aromatic carbocycles. The van der Waals surface area contributed by atoms with Crippen molar-refractivity contribution in [3.05, 3.63) is 29.5 Å². The van der Waals surface area contributed by atoms with Gasteiger partial charge in [0.15, 0.2) is 0 Å². The van der Waals surface area contributed by atoms with E-state index in [9.17, 15) is 9.59 Å². The second kappa shape index (κ2) is 10.3. The van der Waals surface area contributed by atoms with Crippen LogP contribution in [0.25, 0.3) is 10.8 Å². The van der Waals surface area contributed by atoms with Crippen molar-refractivity contribution < 1.29 is 19.1 Å². The number of carbonyl (C=O) groups is 2. The summed E-state index contributed by atoms with van der Waals surface area (Å²) in [6.07, 6.45) is 7.39. The number of carbonyl (C=O) groups excluding carboxylic acids is 2. The summed E-state index contributed by atoms with van der Waals surface area (Å²) in [7, 11) is 0. The second-order valence-corrected chi connectivity index (χ2v) is 9.74. The maximum absolute atomic E-state index is 12.2. The van der Waals surface area contributed by atoms with E-state index < -0.39 is 5.91 Å². The topological polar surface area (TPSA) is 104 Å². The van der Waals surface area contributed by atoms with E-state index in [4.69, 9.17) is 15.2 Å². The van der Waals surface area contributed by atoms with Gasteiger partial charge in [0.2, 0.25) is 11.8 Å². The summed E-state index contributed by atoms with van der Waals surface area (Å²) >= 11 is 0. The fourth-order valence-electron chi connectivity index (χ4n) is 4.57. The van der Waals surface area contributed by atoms with Crippen LogP contribution in [0.3, 0.4) is 0 Å². The number of amides is 2. The van der Waals surface area contributed by atoms with Crippen molar-refractivity contribution in [3.8, 4) is 23.5 Å². The zero-order valence-electron chi connectivity index (χ0n) is 20.1. The number of nitrogens with zero attached hydrogens (tertiary/aromatic N) is 1. The number of aromatic nitrogens is 1. The number of nitrogens with one attached hydrogen (secondary N) is 1. The molecule has 2 heterocycles. The Labute approximate surface area is 200 Å². The van der Waals surface area contributed by atoms with Gasteiger partial charge in [0, 0.05) is 29.3 Å². The first kappa shape index (κ1) is 23.9. The third-order valence-electron chi connectivity index (χ3n) is 6.51. The van der Waals surface area contributed by atoms with E-state index >= 15 is 0 Å². The summed E-state index contributed by atoms with van der Waals surface area (Å²) in [5, 5.41) is 4.36. The first-order valence-corrected chi connectivity index (χ1v) is 12.2. The highest BCUT2D eigenvalue weighted by Gasteiger charge is 2.23. The molecule has 1 saturated heterocycles. The lowest BCUT2D eigenvalue weighted by Crippen LogP contribution is -2.31. The molecule has 1 saturated carbocycles. The summed E-state index contributed by atoms with van der Waals surface area (Å²) in [6, 6.07) is 3.45. The molecule has 3 N–H and O–H groups in total. The van der Waals surface area contributed by atoms with E-state index in [2.05, 4.69) is 29.1 Å². The number of fused-ring (bicyclic) bond motifs is 1. The number of pyridine rings is 1. The molecule has 1 aromatic heterocycles. The van der Waals surface area contributed by atoms with E-state index in [1.54, 1.807) is 18.3 Å². The van der Waals surface area contributed by atoms with E-state index in [-0.39, 0.29) is 18.1 Å². The van der Waals surface area contributed by atoms with Crippen molar-refractivity contribution in [3.63, 3.8) is 0 Å². The third-order valence-corrected chi connectivity index (χ3v) is 6.51. The van der Waals surface area contributed by atoms with Crippen LogP contribution in [0.15, 0.2) is 18.3 Å². The van der Waals surface area contributed by atoms with Crippen molar-refractivity contribution in [2.24, 2.45) is 17.6 Å². The summed E-state index contributed by atoms with van der Waals surface area (Å²) < 4.78 is 11.9. The highest BCUT2D eigenvalue weighted by Crippen LogP contribution is 2.34. The van der Waals surface area contributed by atoms with E-state index in [1.807, 2.05) is 13.8 Å². The highest BCUT2D eigenvalue weighted by atomic mass is 16.5. The molecule has 1 aliphatic heterocycles. The fourth-order valence-corrected chi connectivity index (χ4v) is 4.57. The van der Waals surface area contributed by atoms with E-state index in [0.29, 0.717) is 41.5 Å². The molecule has 7 nitrogen and oxygen atoms in total. The molecular weight excluding hydrogens is 430 g/mol. The van der Waals surface area contributed by atoms with Crippen molar-refractivity contribution in [1.29, 1.82) is 0 Å². The maximum atomic E-state index is 12.2. The van der Waals surface area contributed by atoms with Gasteiger partial charge in [-0.15, -0.1) is 0 Å². The standard InChI is InChI=1S/C27H33N3O4/c1-16(2)34-24-13-22-21(12-23(24)26(28)32)19(9-8-18-6-4-17(3)5-7-18)14-29-27(22)33-15-20-10-11-25(31)30-20/h12-14,16-18,20H,4-7,10-11,15H2,1-3H3,(H2,28,32)(H,30,31). The molecule has 1 aliphatic carbocycles. The molecule has 4 rings (SSSR count).